The lowest BCUT2D eigenvalue weighted by molar-refractivity contribution is 0.566. The summed E-state index contributed by atoms with van der Waals surface area (Å²) in [6, 6.07) is 5.25. The van der Waals surface area contributed by atoms with Crippen molar-refractivity contribution in [2.45, 2.75) is 25.3 Å². The molecule has 1 aromatic carbocycles. The van der Waals surface area contributed by atoms with E-state index in [0.29, 0.717) is 0 Å². The summed E-state index contributed by atoms with van der Waals surface area (Å²) in [5, 5.41) is 0. The van der Waals surface area contributed by atoms with Gasteiger partial charge in [0.1, 0.15) is 5.82 Å². The standard InChI is InChI=1S/C10H12FN.ClH/c11-9-3-1-8-6-10(12)4-2-7(8)5-9;/h1,3,5,10H,2,4,6,12H2;1H. The molecular weight excluding hydrogens is 189 g/mol. The zero-order valence-corrected chi connectivity index (χ0v) is 8.11. The van der Waals surface area contributed by atoms with E-state index in [4.69, 9.17) is 5.73 Å². The second kappa shape index (κ2) is 4.07. The van der Waals surface area contributed by atoms with Gasteiger partial charge in [0.15, 0.2) is 0 Å². The number of rotatable bonds is 0. The summed E-state index contributed by atoms with van der Waals surface area (Å²) >= 11 is 0. The lowest BCUT2D eigenvalue weighted by Crippen LogP contribution is -2.27. The molecule has 1 nitrogen and oxygen atoms in total. The van der Waals surface area contributed by atoms with Gasteiger partial charge in [-0.2, -0.15) is 0 Å². The van der Waals surface area contributed by atoms with Crippen molar-refractivity contribution in [1.29, 1.82) is 0 Å². The van der Waals surface area contributed by atoms with E-state index in [9.17, 15) is 4.39 Å². The van der Waals surface area contributed by atoms with Crippen LogP contribution in [0.1, 0.15) is 17.5 Å². The van der Waals surface area contributed by atoms with Crippen LogP contribution in [0.5, 0.6) is 0 Å². The summed E-state index contributed by atoms with van der Waals surface area (Å²) in [7, 11) is 0. The Labute approximate surface area is 83.5 Å². The lowest BCUT2D eigenvalue weighted by atomic mass is 9.89. The molecular formula is C10H13ClFN. The molecule has 0 heterocycles. The first-order valence-electron chi connectivity index (χ1n) is 4.28. The van der Waals surface area contributed by atoms with Gasteiger partial charge in [-0.1, -0.05) is 6.07 Å². The Morgan fingerprint density at radius 3 is 2.85 bits per heavy atom. The lowest BCUT2D eigenvalue weighted by Gasteiger charge is -2.20. The van der Waals surface area contributed by atoms with Gasteiger partial charge in [0.05, 0.1) is 0 Å². The van der Waals surface area contributed by atoms with Crippen LogP contribution in [0.25, 0.3) is 0 Å². The third kappa shape index (κ3) is 2.20. The predicted molar refractivity (Wildman–Crippen MR) is 53.6 cm³/mol. The summed E-state index contributed by atoms with van der Waals surface area (Å²) in [6.45, 7) is 0. The summed E-state index contributed by atoms with van der Waals surface area (Å²) < 4.78 is 12.8. The molecule has 0 fully saturated rings. The van der Waals surface area contributed by atoms with Crippen molar-refractivity contribution in [3.8, 4) is 0 Å². The van der Waals surface area contributed by atoms with Gasteiger partial charge in [-0.25, -0.2) is 4.39 Å². The number of aryl methyl sites for hydroxylation is 1. The van der Waals surface area contributed by atoms with Gasteiger partial charge in [0.2, 0.25) is 0 Å². The Hall–Kier alpha value is -0.600. The summed E-state index contributed by atoms with van der Waals surface area (Å²) in [4.78, 5) is 0. The van der Waals surface area contributed by atoms with Gasteiger partial charge >= 0.3 is 0 Å². The Morgan fingerprint density at radius 1 is 1.31 bits per heavy atom. The van der Waals surface area contributed by atoms with E-state index in [-0.39, 0.29) is 24.3 Å². The number of fused-ring (bicyclic) bond motifs is 1. The monoisotopic (exact) mass is 201 g/mol. The van der Waals surface area contributed by atoms with Gasteiger partial charge in [-0.3, -0.25) is 0 Å². The van der Waals surface area contributed by atoms with Gasteiger partial charge in [-0.05, 0) is 42.5 Å². The predicted octanol–water partition coefficient (Wildman–Crippen LogP) is 2.06. The Bertz CT molecular complexity index is 301. The van der Waals surface area contributed by atoms with Gasteiger partial charge < -0.3 is 5.73 Å². The van der Waals surface area contributed by atoms with Crippen molar-refractivity contribution in [3.05, 3.63) is 35.1 Å². The highest BCUT2D eigenvalue weighted by molar-refractivity contribution is 5.85. The average molecular weight is 202 g/mol. The molecule has 1 aliphatic rings. The molecule has 1 aliphatic carbocycles. The van der Waals surface area contributed by atoms with E-state index < -0.39 is 0 Å². The van der Waals surface area contributed by atoms with Crippen LogP contribution in [0.3, 0.4) is 0 Å². The minimum absolute atomic E-state index is 0. The third-order valence-electron chi connectivity index (χ3n) is 2.43. The molecule has 0 aromatic heterocycles. The quantitative estimate of drug-likeness (QED) is 0.683. The maximum Gasteiger partial charge on any atom is 0.123 e. The van der Waals surface area contributed by atoms with Crippen LogP contribution in [0.15, 0.2) is 18.2 Å². The molecule has 1 aromatic rings. The summed E-state index contributed by atoms with van der Waals surface area (Å²) in [6.07, 6.45) is 2.81. The topological polar surface area (TPSA) is 26.0 Å². The van der Waals surface area contributed by atoms with Crippen LogP contribution in [0.2, 0.25) is 0 Å². The van der Waals surface area contributed by atoms with Crippen LogP contribution in [0.4, 0.5) is 4.39 Å². The van der Waals surface area contributed by atoms with E-state index in [1.54, 1.807) is 6.07 Å². The minimum Gasteiger partial charge on any atom is -0.327 e. The first-order chi connectivity index (χ1) is 5.75. The fourth-order valence-corrected chi connectivity index (χ4v) is 1.75. The molecule has 1 unspecified atom stereocenters. The van der Waals surface area contributed by atoms with Crippen molar-refractivity contribution in [3.63, 3.8) is 0 Å². The molecule has 1 atom stereocenters. The van der Waals surface area contributed by atoms with Gasteiger partial charge in [0, 0.05) is 6.04 Å². The first kappa shape index (κ1) is 10.5. The molecule has 0 saturated heterocycles. The van der Waals surface area contributed by atoms with Crippen molar-refractivity contribution in [1.82, 2.24) is 0 Å². The summed E-state index contributed by atoms with van der Waals surface area (Å²) in [5.74, 6) is -0.135. The largest absolute Gasteiger partial charge is 0.327 e. The Kier molecular flexibility index (Phi) is 3.28. The molecule has 2 N–H and O–H groups in total. The van der Waals surface area contributed by atoms with Crippen LogP contribution < -0.4 is 5.73 Å². The van der Waals surface area contributed by atoms with E-state index in [0.717, 1.165) is 24.8 Å². The number of halogens is 2. The third-order valence-corrected chi connectivity index (χ3v) is 2.43. The molecule has 0 radical (unpaired) electrons. The number of hydrogen-bond donors (Lipinski definition) is 1. The number of benzene rings is 1. The second-order valence-corrected chi connectivity index (χ2v) is 3.42. The van der Waals surface area contributed by atoms with Crippen molar-refractivity contribution >= 4 is 12.4 Å². The number of hydrogen-bond acceptors (Lipinski definition) is 1. The normalized spacial score (nSPS) is 20.3. The molecule has 2 rings (SSSR count). The van der Waals surface area contributed by atoms with E-state index in [2.05, 4.69) is 0 Å². The molecule has 0 amide bonds. The van der Waals surface area contributed by atoms with Crippen LogP contribution in [-0.4, -0.2) is 6.04 Å². The number of nitrogens with two attached hydrogens (primary N) is 1. The molecule has 0 saturated carbocycles. The highest BCUT2D eigenvalue weighted by Gasteiger charge is 2.15. The van der Waals surface area contributed by atoms with Gasteiger partial charge in [-0.15, -0.1) is 12.4 Å². The van der Waals surface area contributed by atoms with E-state index >= 15 is 0 Å². The highest BCUT2D eigenvalue weighted by Crippen LogP contribution is 2.20. The average Bonchev–Trinajstić information content (AvgIpc) is 2.05. The fourth-order valence-electron chi connectivity index (χ4n) is 1.75. The summed E-state index contributed by atoms with van der Waals surface area (Å²) in [5.41, 5.74) is 8.15. The molecule has 0 bridgehead atoms. The highest BCUT2D eigenvalue weighted by atomic mass is 35.5. The SMILES string of the molecule is Cl.NC1CCc2cc(F)ccc2C1. The van der Waals surface area contributed by atoms with Crippen LogP contribution in [-0.2, 0) is 12.8 Å². The molecule has 0 aliphatic heterocycles. The van der Waals surface area contributed by atoms with Gasteiger partial charge in [0.25, 0.3) is 0 Å². The van der Waals surface area contributed by atoms with Crippen molar-refractivity contribution < 1.29 is 4.39 Å². The fraction of sp³-hybridized carbons (Fsp3) is 0.400. The molecule has 3 heteroatoms. The first-order valence-corrected chi connectivity index (χ1v) is 4.28. The maximum absolute atomic E-state index is 12.8. The van der Waals surface area contributed by atoms with E-state index in [1.807, 2.05) is 6.07 Å². The maximum atomic E-state index is 12.8. The zero-order chi connectivity index (χ0) is 8.55. The van der Waals surface area contributed by atoms with E-state index in [1.165, 1.54) is 11.6 Å². The smallest absolute Gasteiger partial charge is 0.123 e. The van der Waals surface area contributed by atoms with Crippen molar-refractivity contribution in [2.24, 2.45) is 5.73 Å². The van der Waals surface area contributed by atoms with Crippen LogP contribution >= 0.6 is 12.4 Å². The molecule has 0 spiro atoms. The molecule has 13 heavy (non-hydrogen) atoms. The zero-order valence-electron chi connectivity index (χ0n) is 7.29. The van der Waals surface area contributed by atoms with Crippen molar-refractivity contribution in [2.75, 3.05) is 0 Å². The molecule has 72 valence electrons. The Morgan fingerprint density at radius 2 is 2.08 bits per heavy atom. The second-order valence-electron chi connectivity index (χ2n) is 3.42. The Balaban J connectivity index is 0.000000845. The minimum atomic E-state index is -0.135. The van der Waals surface area contributed by atoms with Crippen LogP contribution in [0, 0.1) is 5.82 Å².